The largest absolute Gasteiger partial charge is 0.491 e. The van der Waals surface area contributed by atoms with Gasteiger partial charge in [0.05, 0.1) is 11.7 Å². The number of fused-ring (bicyclic) bond motifs is 1. The zero-order chi connectivity index (χ0) is 21.1. The van der Waals surface area contributed by atoms with E-state index in [-0.39, 0.29) is 11.7 Å². The second-order valence-corrected chi connectivity index (χ2v) is 7.12. The molecule has 0 radical (unpaired) electrons. The minimum Gasteiger partial charge on any atom is -0.491 e. The van der Waals surface area contributed by atoms with Crippen LogP contribution in [0.15, 0.2) is 60.8 Å². The number of aromatic carboxylic acids is 1. The lowest BCUT2D eigenvalue weighted by Gasteiger charge is -2.14. The highest BCUT2D eigenvalue weighted by Gasteiger charge is 2.13. The quantitative estimate of drug-likeness (QED) is 0.465. The molecule has 0 amide bonds. The Bertz CT molecular complexity index is 1190. The SMILES string of the molecule is CC(C)Oc1cc(OCc2ccccc2)cc(-c2nc3cc(C(=O)O)cnc3[nH]2)c1. The predicted octanol–water partition coefficient (Wildman–Crippen LogP) is 4.69. The molecule has 0 unspecified atom stereocenters. The van der Waals surface area contributed by atoms with Gasteiger partial charge in [-0.15, -0.1) is 0 Å². The van der Waals surface area contributed by atoms with Crippen LogP contribution in [-0.2, 0) is 6.61 Å². The summed E-state index contributed by atoms with van der Waals surface area (Å²) in [5.74, 6) is 0.813. The highest BCUT2D eigenvalue weighted by atomic mass is 16.5. The first-order valence-corrected chi connectivity index (χ1v) is 9.56. The third-order valence-electron chi connectivity index (χ3n) is 4.36. The number of pyridine rings is 1. The van der Waals surface area contributed by atoms with Crippen LogP contribution in [0.5, 0.6) is 11.5 Å². The number of aromatic nitrogens is 3. The number of benzene rings is 2. The summed E-state index contributed by atoms with van der Waals surface area (Å²) in [4.78, 5) is 23.0. The van der Waals surface area contributed by atoms with Gasteiger partial charge >= 0.3 is 5.97 Å². The van der Waals surface area contributed by atoms with Gasteiger partial charge in [0.25, 0.3) is 0 Å². The second kappa shape index (κ2) is 8.24. The summed E-state index contributed by atoms with van der Waals surface area (Å²) in [6.45, 7) is 4.33. The Labute approximate surface area is 173 Å². The van der Waals surface area contributed by atoms with Gasteiger partial charge in [0.2, 0.25) is 0 Å². The van der Waals surface area contributed by atoms with Crippen LogP contribution < -0.4 is 9.47 Å². The van der Waals surface area contributed by atoms with Crippen molar-refractivity contribution in [2.45, 2.75) is 26.6 Å². The van der Waals surface area contributed by atoms with E-state index in [0.29, 0.717) is 35.1 Å². The molecule has 0 bridgehead atoms. The van der Waals surface area contributed by atoms with Crippen LogP contribution in [0.3, 0.4) is 0 Å². The number of carboxylic acid groups (broad SMARTS) is 1. The highest BCUT2D eigenvalue weighted by molar-refractivity contribution is 5.91. The van der Waals surface area contributed by atoms with Gasteiger partial charge in [0, 0.05) is 17.8 Å². The molecule has 4 aromatic rings. The number of imidazole rings is 1. The number of ether oxygens (including phenoxy) is 2. The molecule has 7 heteroatoms. The molecule has 0 aliphatic rings. The topological polar surface area (TPSA) is 97.3 Å². The Hall–Kier alpha value is -3.87. The zero-order valence-corrected chi connectivity index (χ0v) is 16.6. The van der Waals surface area contributed by atoms with Crippen molar-refractivity contribution in [2.75, 3.05) is 0 Å². The molecule has 0 aliphatic carbocycles. The number of hydrogen-bond donors (Lipinski definition) is 2. The minimum atomic E-state index is -1.04. The lowest BCUT2D eigenvalue weighted by Crippen LogP contribution is -2.06. The van der Waals surface area contributed by atoms with E-state index >= 15 is 0 Å². The van der Waals surface area contributed by atoms with Crippen LogP contribution >= 0.6 is 0 Å². The van der Waals surface area contributed by atoms with E-state index in [1.165, 1.54) is 12.3 Å². The van der Waals surface area contributed by atoms with Crippen molar-refractivity contribution >= 4 is 17.1 Å². The summed E-state index contributed by atoms with van der Waals surface area (Å²) in [5.41, 5.74) is 2.89. The molecule has 2 aromatic heterocycles. The fourth-order valence-corrected chi connectivity index (χ4v) is 3.02. The molecule has 30 heavy (non-hydrogen) atoms. The first-order chi connectivity index (χ1) is 14.5. The van der Waals surface area contributed by atoms with E-state index in [2.05, 4.69) is 15.0 Å². The Balaban J connectivity index is 1.69. The standard InChI is InChI=1S/C23H21N3O4/c1-14(2)30-19-9-16(8-18(11-19)29-13-15-6-4-3-5-7-15)21-25-20-10-17(23(27)28)12-24-22(20)26-21/h3-12,14H,13H2,1-2H3,(H,27,28)(H,24,25,26). The number of carboxylic acids is 1. The molecule has 2 N–H and O–H groups in total. The van der Waals surface area contributed by atoms with Crippen LogP contribution in [0.25, 0.3) is 22.6 Å². The van der Waals surface area contributed by atoms with E-state index < -0.39 is 5.97 Å². The maximum Gasteiger partial charge on any atom is 0.337 e. The number of carbonyl (C=O) groups is 1. The van der Waals surface area contributed by atoms with Crippen molar-refractivity contribution in [3.63, 3.8) is 0 Å². The molecule has 0 saturated heterocycles. The Morgan fingerprint density at radius 2 is 1.87 bits per heavy atom. The molecule has 0 aliphatic heterocycles. The van der Waals surface area contributed by atoms with Crippen LogP contribution in [0.4, 0.5) is 0 Å². The van der Waals surface area contributed by atoms with Gasteiger partial charge in [0.15, 0.2) is 5.65 Å². The molecular formula is C23H21N3O4. The molecule has 4 rings (SSSR count). The molecule has 2 aromatic carbocycles. The smallest absolute Gasteiger partial charge is 0.337 e. The minimum absolute atomic E-state index is 0.00214. The van der Waals surface area contributed by atoms with Crippen molar-refractivity contribution in [3.8, 4) is 22.9 Å². The molecule has 0 saturated carbocycles. The number of hydrogen-bond acceptors (Lipinski definition) is 5. The van der Waals surface area contributed by atoms with E-state index in [4.69, 9.17) is 14.6 Å². The average Bonchev–Trinajstić information content (AvgIpc) is 3.16. The number of rotatable bonds is 7. The van der Waals surface area contributed by atoms with Crippen molar-refractivity contribution in [3.05, 3.63) is 71.9 Å². The summed E-state index contributed by atoms with van der Waals surface area (Å²) >= 11 is 0. The third kappa shape index (κ3) is 4.41. The van der Waals surface area contributed by atoms with Gasteiger partial charge < -0.3 is 19.6 Å². The summed E-state index contributed by atoms with van der Waals surface area (Å²) in [6, 6.07) is 17.0. The molecule has 152 valence electrons. The maximum atomic E-state index is 11.2. The first kappa shape index (κ1) is 19.4. The van der Waals surface area contributed by atoms with Crippen LogP contribution in [-0.4, -0.2) is 32.1 Å². The van der Waals surface area contributed by atoms with Gasteiger partial charge in [-0.2, -0.15) is 0 Å². The fraction of sp³-hybridized carbons (Fsp3) is 0.174. The van der Waals surface area contributed by atoms with Crippen molar-refractivity contribution in [1.82, 2.24) is 15.0 Å². The number of H-pyrrole nitrogens is 1. The van der Waals surface area contributed by atoms with Gasteiger partial charge in [0.1, 0.15) is 29.4 Å². The Morgan fingerprint density at radius 3 is 2.60 bits per heavy atom. The lowest BCUT2D eigenvalue weighted by atomic mass is 10.2. The van der Waals surface area contributed by atoms with E-state index in [9.17, 15) is 4.79 Å². The van der Waals surface area contributed by atoms with E-state index in [1.807, 2.05) is 62.4 Å². The van der Waals surface area contributed by atoms with Crippen LogP contribution in [0.2, 0.25) is 0 Å². The lowest BCUT2D eigenvalue weighted by molar-refractivity contribution is 0.0696. The molecule has 7 nitrogen and oxygen atoms in total. The van der Waals surface area contributed by atoms with Gasteiger partial charge in [-0.3, -0.25) is 0 Å². The van der Waals surface area contributed by atoms with Crippen molar-refractivity contribution in [1.29, 1.82) is 0 Å². The molecule has 0 atom stereocenters. The number of nitrogens with one attached hydrogen (secondary N) is 1. The van der Waals surface area contributed by atoms with E-state index in [1.54, 1.807) is 0 Å². The second-order valence-electron chi connectivity index (χ2n) is 7.12. The Kier molecular flexibility index (Phi) is 5.34. The summed E-state index contributed by atoms with van der Waals surface area (Å²) < 4.78 is 11.9. The summed E-state index contributed by atoms with van der Waals surface area (Å²) in [5, 5.41) is 9.17. The predicted molar refractivity (Wildman–Crippen MR) is 113 cm³/mol. The average molecular weight is 403 g/mol. The summed E-state index contributed by atoms with van der Waals surface area (Å²) in [6.07, 6.45) is 1.30. The normalized spacial score (nSPS) is 11.0. The zero-order valence-electron chi connectivity index (χ0n) is 16.6. The van der Waals surface area contributed by atoms with Gasteiger partial charge in [-0.1, -0.05) is 30.3 Å². The van der Waals surface area contributed by atoms with Gasteiger partial charge in [-0.05, 0) is 37.6 Å². The Morgan fingerprint density at radius 1 is 1.10 bits per heavy atom. The highest BCUT2D eigenvalue weighted by Crippen LogP contribution is 2.30. The fourth-order valence-electron chi connectivity index (χ4n) is 3.02. The third-order valence-corrected chi connectivity index (χ3v) is 4.36. The van der Waals surface area contributed by atoms with Crippen LogP contribution in [0, 0.1) is 0 Å². The van der Waals surface area contributed by atoms with Crippen molar-refractivity contribution < 1.29 is 19.4 Å². The van der Waals surface area contributed by atoms with Gasteiger partial charge in [-0.25, -0.2) is 14.8 Å². The van der Waals surface area contributed by atoms with Crippen molar-refractivity contribution in [2.24, 2.45) is 0 Å². The maximum absolute atomic E-state index is 11.2. The number of nitrogens with zero attached hydrogens (tertiary/aromatic N) is 2. The molecule has 0 fully saturated rings. The monoisotopic (exact) mass is 403 g/mol. The molecule has 2 heterocycles. The van der Waals surface area contributed by atoms with Crippen LogP contribution in [0.1, 0.15) is 29.8 Å². The molecule has 0 spiro atoms. The first-order valence-electron chi connectivity index (χ1n) is 9.56. The summed E-state index contributed by atoms with van der Waals surface area (Å²) in [7, 11) is 0. The number of aromatic amines is 1. The van der Waals surface area contributed by atoms with E-state index in [0.717, 1.165) is 11.1 Å². The molecular weight excluding hydrogens is 382 g/mol.